The predicted molar refractivity (Wildman–Crippen MR) is 95.0 cm³/mol. The maximum absolute atomic E-state index is 12.7. The van der Waals surface area contributed by atoms with Gasteiger partial charge in [0.1, 0.15) is 16.8 Å². The number of hydrogen-bond acceptors (Lipinski definition) is 5. The molecule has 5 heteroatoms. The van der Waals surface area contributed by atoms with Gasteiger partial charge in [-0.15, -0.1) is 0 Å². The van der Waals surface area contributed by atoms with E-state index in [1.807, 2.05) is 51.1 Å². The molecule has 0 N–H and O–H groups in total. The van der Waals surface area contributed by atoms with E-state index in [0.29, 0.717) is 13.0 Å². The molecule has 0 aromatic heterocycles. The van der Waals surface area contributed by atoms with E-state index in [0.717, 1.165) is 11.3 Å². The Morgan fingerprint density at radius 3 is 2.40 bits per heavy atom. The molecule has 25 heavy (non-hydrogen) atoms. The molecule has 0 saturated heterocycles. The van der Waals surface area contributed by atoms with E-state index in [4.69, 9.17) is 14.2 Å². The summed E-state index contributed by atoms with van der Waals surface area (Å²) < 4.78 is 15.8. The summed E-state index contributed by atoms with van der Waals surface area (Å²) in [4.78, 5) is 24.8. The van der Waals surface area contributed by atoms with Gasteiger partial charge in [0.2, 0.25) is 0 Å². The molecule has 1 saturated carbocycles. The van der Waals surface area contributed by atoms with Crippen molar-refractivity contribution in [2.24, 2.45) is 11.3 Å². The molecule has 1 aromatic rings. The molecule has 0 amide bonds. The van der Waals surface area contributed by atoms with E-state index in [9.17, 15) is 9.59 Å². The van der Waals surface area contributed by atoms with Crippen molar-refractivity contribution in [1.82, 2.24) is 0 Å². The van der Waals surface area contributed by atoms with E-state index >= 15 is 0 Å². The Bertz CT molecular complexity index is 654. The van der Waals surface area contributed by atoms with Crippen LogP contribution in [0, 0.1) is 11.3 Å². The molecule has 0 aliphatic heterocycles. The third-order valence-corrected chi connectivity index (χ3v) is 4.04. The average Bonchev–Trinajstić information content (AvgIpc) is 3.28. The Morgan fingerprint density at radius 2 is 1.88 bits per heavy atom. The summed E-state index contributed by atoms with van der Waals surface area (Å²) in [6, 6.07) is 7.46. The SMILES string of the molecule is CCOC(=O)[C@@H]1C[C@@]1(/C=C/c1ccc(OC)cc1)C(=O)OC(C)(C)C. The summed E-state index contributed by atoms with van der Waals surface area (Å²) >= 11 is 0. The van der Waals surface area contributed by atoms with Crippen LogP contribution in [0.25, 0.3) is 6.08 Å². The highest BCUT2D eigenvalue weighted by atomic mass is 16.6. The van der Waals surface area contributed by atoms with E-state index in [-0.39, 0.29) is 11.9 Å². The Balaban J connectivity index is 2.22. The molecule has 0 spiro atoms. The second-order valence-corrected chi connectivity index (χ2v) is 7.16. The van der Waals surface area contributed by atoms with Gasteiger partial charge in [-0.05, 0) is 51.8 Å². The third kappa shape index (κ3) is 4.62. The van der Waals surface area contributed by atoms with Gasteiger partial charge in [0.25, 0.3) is 0 Å². The van der Waals surface area contributed by atoms with E-state index in [1.54, 1.807) is 20.1 Å². The van der Waals surface area contributed by atoms with Crippen LogP contribution in [0.4, 0.5) is 0 Å². The maximum atomic E-state index is 12.7. The van der Waals surface area contributed by atoms with Gasteiger partial charge >= 0.3 is 11.9 Å². The molecule has 1 fully saturated rings. The van der Waals surface area contributed by atoms with Crippen molar-refractivity contribution in [3.63, 3.8) is 0 Å². The fraction of sp³-hybridized carbons (Fsp3) is 0.500. The van der Waals surface area contributed by atoms with Crippen LogP contribution < -0.4 is 4.74 Å². The molecular weight excluding hydrogens is 320 g/mol. The maximum Gasteiger partial charge on any atom is 0.317 e. The lowest BCUT2D eigenvalue weighted by Crippen LogP contribution is -2.31. The topological polar surface area (TPSA) is 61.8 Å². The van der Waals surface area contributed by atoms with Crippen molar-refractivity contribution in [3.8, 4) is 5.75 Å². The minimum absolute atomic E-state index is 0.294. The van der Waals surface area contributed by atoms with Gasteiger partial charge in [-0.25, -0.2) is 0 Å². The first kappa shape index (κ1) is 19.0. The van der Waals surface area contributed by atoms with Crippen molar-refractivity contribution in [1.29, 1.82) is 0 Å². The smallest absolute Gasteiger partial charge is 0.317 e. The van der Waals surface area contributed by atoms with Crippen molar-refractivity contribution in [3.05, 3.63) is 35.9 Å². The van der Waals surface area contributed by atoms with Crippen LogP contribution >= 0.6 is 0 Å². The summed E-state index contributed by atoms with van der Waals surface area (Å²) in [5.41, 5.74) is -0.641. The van der Waals surface area contributed by atoms with Crippen LogP contribution in [0.1, 0.15) is 39.7 Å². The fourth-order valence-electron chi connectivity index (χ4n) is 2.63. The molecule has 0 bridgehead atoms. The first-order valence-electron chi connectivity index (χ1n) is 8.45. The normalized spacial score (nSPS) is 22.5. The van der Waals surface area contributed by atoms with Gasteiger partial charge in [-0.2, -0.15) is 0 Å². The number of methoxy groups -OCH3 is 1. The Hall–Kier alpha value is -2.30. The second-order valence-electron chi connectivity index (χ2n) is 7.16. The predicted octanol–water partition coefficient (Wildman–Crippen LogP) is 3.62. The zero-order chi connectivity index (χ0) is 18.7. The molecule has 5 nitrogen and oxygen atoms in total. The molecule has 1 aromatic carbocycles. The lowest BCUT2D eigenvalue weighted by molar-refractivity contribution is -0.162. The van der Waals surface area contributed by atoms with Crippen LogP contribution in [0.3, 0.4) is 0 Å². The lowest BCUT2D eigenvalue weighted by atomic mass is 10.0. The standard InChI is InChI=1S/C20H26O5/c1-6-24-17(21)16-13-20(16,18(22)25-19(2,3)4)12-11-14-7-9-15(23-5)10-8-14/h7-12,16H,6,13H2,1-5H3/b12-11+/t16-,20+/m0/s1. The average molecular weight is 346 g/mol. The second kappa shape index (κ2) is 7.30. The van der Waals surface area contributed by atoms with Gasteiger partial charge in [-0.1, -0.05) is 24.3 Å². The zero-order valence-electron chi connectivity index (χ0n) is 15.5. The zero-order valence-corrected chi connectivity index (χ0v) is 15.5. The molecule has 1 aliphatic carbocycles. The summed E-state index contributed by atoms with van der Waals surface area (Å²) in [6.07, 6.45) is 4.01. The van der Waals surface area contributed by atoms with E-state index < -0.39 is 16.9 Å². The molecular formula is C20H26O5. The summed E-state index contributed by atoms with van der Waals surface area (Å²) in [7, 11) is 1.61. The minimum Gasteiger partial charge on any atom is -0.497 e. The van der Waals surface area contributed by atoms with Gasteiger partial charge in [-0.3, -0.25) is 9.59 Å². The number of hydrogen-bond donors (Lipinski definition) is 0. The molecule has 136 valence electrons. The van der Waals surface area contributed by atoms with Gasteiger partial charge in [0.05, 0.1) is 19.6 Å². The number of benzene rings is 1. The highest BCUT2D eigenvalue weighted by molar-refractivity contribution is 5.94. The Labute approximate surface area is 149 Å². The van der Waals surface area contributed by atoms with Gasteiger partial charge in [0, 0.05) is 0 Å². The molecule has 0 heterocycles. The Kier molecular flexibility index (Phi) is 5.55. The van der Waals surface area contributed by atoms with E-state index in [1.165, 1.54) is 0 Å². The monoisotopic (exact) mass is 346 g/mol. The lowest BCUT2D eigenvalue weighted by Gasteiger charge is -2.23. The van der Waals surface area contributed by atoms with Crippen LogP contribution in [0.5, 0.6) is 5.75 Å². The van der Waals surface area contributed by atoms with E-state index in [2.05, 4.69) is 0 Å². The summed E-state index contributed by atoms with van der Waals surface area (Å²) in [6.45, 7) is 7.49. The Morgan fingerprint density at radius 1 is 1.24 bits per heavy atom. The first-order chi connectivity index (χ1) is 11.7. The molecule has 0 unspecified atom stereocenters. The van der Waals surface area contributed by atoms with Gasteiger partial charge < -0.3 is 14.2 Å². The fourth-order valence-corrected chi connectivity index (χ4v) is 2.63. The largest absolute Gasteiger partial charge is 0.497 e. The minimum atomic E-state index is -0.945. The molecule has 2 atom stereocenters. The third-order valence-electron chi connectivity index (χ3n) is 4.04. The van der Waals surface area contributed by atoms with Crippen LogP contribution in [-0.4, -0.2) is 31.3 Å². The number of carbonyl (C=O) groups is 2. The number of carbonyl (C=O) groups excluding carboxylic acids is 2. The summed E-state index contributed by atoms with van der Waals surface area (Å²) in [5.74, 6) is -0.470. The van der Waals surface area contributed by atoms with Crippen molar-refractivity contribution >= 4 is 18.0 Å². The van der Waals surface area contributed by atoms with Crippen molar-refractivity contribution in [2.45, 2.75) is 39.7 Å². The molecule has 2 rings (SSSR count). The summed E-state index contributed by atoms with van der Waals surface area (Å²) in [5, 5.41) is 0. The number of rotatable bonds is 6. The molecule has 1 aliphatic rings. The van der Waals surface area contributed by atoms with Crippen LogP contribution in [0.2, 0.25) is 0 Å². The van der Waals surface area contributed by atoms with Crippen molar-refractivity contribution < 1.29 is 23.8 Å². The quantitative estimate of drug-likeness (QED) is 0.736. The van der Waals surface area contributed by atoms with Crippen LogP contribution in [0.15, 0.2) is 30.3 Å². The van der Waals surface area contributed by atoms with Crippen LogP contribution in [-0.2, 0) is 19.1 Å². The highest BCUT2D eigenvalue weighted by Crippen LogP contribution is 2.56. The number of esters is 2. The first-order valence-corrected chi connectivity index (χ1v) is 8.45. The van der Waals surface area contributed by atoms with Gasteiger partial charge in [0.15, 0.2) is 0 Å². The number of ether oxygens (including phenoxy) is 3. The molecule has 0 radical (unpaired) electrons. The highest BCUT2D eigenvalue weighted by Gasteiger charge is 2.64. The van der Waals surface area contributed by atoms with Crippen molar-refractivity contribution in [2.75, 3.05) is 13.7 Å².